The fraction of sp³-hybridized carbons (Fsp3) is 0.0625. The van der Waals surface area contributed by atoms with Crippen molar-refractivity contribution in [1.29, 1.82) is 0 Å². The molecule has 2 N–H and O–H groups in total. The molecular formula is C16H13NO3. The van der Waals surface area contributed by atoms with Crippen LogP contribution in [0.15, 0.2) is 41.3 Å². The van der Waals surface area contributed by atoms with Gasteiger partial charge in [0.15, 0.2) is 5.58 Å². The number of benzene rings is 2. The van der Waals surface area contributed by atoms with Crippen LogP contribution in [0.3, 0.4) is 0 Å². The summed E-state index contributed by atoms with van der Waals surface area (Å²) >= 11 is 0. The van der Waals surface area contributed by atoms with E-state index in [9.17, 15) is 10.2 Å². The Morgan fingerprint density at radius 1 is 1.20 bits per heavy atom. The van der Waals surface area contributed by atoms with Crippen LogP contribution in [-0.4, -0.2) is 15.2 Å². The molecule has 0 unspecified atom stereocenters. The number of aryl methyl sites for hydroxylation is 1. The van der Waals surface area contributed by atoms with Gasteiger partial charge in [-0.15, -0.1) is 0 Å². The predicted octanol–water partition coefficient (Wildman–Crippen LogP) is 3.86. The first-order chi connectivity index (χ1) is 9.58. The van der Waals surface area contributed by atoms with Crippen molar-refractivity contribution in [2.45, 2.75) is 6.92 Å². The fourth-order valence-corrected chi connectivity index (χ4v) is 2.11. The second-order valence-corrected chi connectivity index (χ2v) is 4.61. The minimum absolute atomic E-state index is 0.120. The molecule has 0 radical (unpaired) electrons. The van der Waals surface area contributed by atoms with E-state index in [1.165, 1.54) is 0 Å². The highest BCUT2D eigenvalue weighted by Crippen LogP contribution is 2.31. The number of fused-ring (bicyclic) bond motifs is 1. The van der Waals surface area contributed by atoms with Crippen LogP contribution in [0, 0.1) is 6.92 Å². The van der Waals surface area contributed by atoms with Gasteiger partial charge in [0, 0.05) is 17.2 Å². The maximum Gasteiger partial charge on any atom is 0.227 e. The second kappa shape index (κ2) is 4.42. The Labute approximate surface area is 115 Å². The second-order valence-electron chi connectivity index (χ2n) is 4.61. The third-order valence-corrected chi connectivity index (χ3v) is 3.17. The van der Waals surface area contributed by atoms with Crippen molar-refractivity contribution >= 4 is 17.2 Å². The molecule has 20 heavy (non-hydrogen) atoms. The van der Waals surface area contributed by atoms with Gasteiger partial charge in [0.1, 0.15) is 17.0 Å². The Bertz CT molecular complexity index is 818. The minimum Gasteiger partial charge on any atom is -0.508 e. The molecule has 2 aromatic carbocycles. The van der Waals surface area contributed by atoms with Crippen molar-refractivity contribution in [3.05, 3.63) is 48.0 Å². The molecule has 0 bridgehead atoms. The molecule has 0 saturated carbocycles. The Balaban J connectivity index is 2.22. The molecule has 0 spiro atoms. The highest BCUT2D eigenvalue weighted by Gasteiger charge is 2.12. The van der Waals surface area contributed by atoms with E-state index < -0.39 is 0 Å². The molecule has 0 amide bonds. The highest BCUT2D eigenvalue weighted by molar-refractivity contribution is 5.86. The SMILES string of the molecule is C=Cc1cc(O)cc2nc(-c3ccc(O)c(C)c3)oc12. The van der Waals surface area contributed by atoms with Crippen molar-refractivity contribution in [2.75, 3.05) is 0 Å². The summed E-state index contributed by atoms with van der Waals surface area (Å²) in [6, 6.07) is 8.26. The lowest BCUT2D eigenvalue weighted by Gasteiger charge is -2.00. The van der Waals surface area contributed by atoms with E-state index >= 15 is 0 Å². The van der Waals surface area contributed by atoms with Gasteiger partial charge in [-0.3, -0.25) is 0 Å². The Morgan fingerprint density at radius 3 is 2.70 bits per heavy atom. The van der Waals surface area contributed by atoms with Crippen LogP contribution < -0.4 is 0 Å². The van der Waals surface area contributed by atoms with E-state index in [-0.39, 0.29) is 11.5 Å². The number of aromatic hydroxyl groups is 2. The molecule has 4 heteroatoms. The monoisotopic (exact) mass is 267 g/mol. The van der Waals surface area contributed by atoms with E-state index in [4.69, 9.17) is 4.42 Å². The summed E-state index contributed by atoms with van der Waals surface area (Å²) < 4.78 is 5.75. The number of phenols is 2. The number of hydrogen-bond donors (Lipinski definition) is 2. The van der Waals surface area contributed by atoms with Crippen LogP contribution in [0.4, 0.5) is 0 Å². The number of aromatic nitrogens is 1. The van der Waals surface area contributed by atoms with Crippen LogP contribution in [-0.2, 0) is 0 Å². The predicted molar refractivity (Wildman–Crippen MR) is 77.6 cm³/mol. The largest absolute Gasteiger partial charge is 0.508 e. The van der Waals surface area contributed by atoms with Gasteiger partial charge in [-0.25, -0.2) is 4.98 Å². The molecule has 4 nitrogen and oxygen atoms in total. The van der Waals surface area contributed by atoms with E-state index in [1.807, 2.05) is 6.92 Å². The molecule has 0 saturated heterocycles. The average Bonchev–Trinajstić information content (AvgIpc) is 2.84. The lowest BCUT2D eigenvalue weighted by Crippen LogP contribution is -1.80. The van der Waals surface area contributed by atoms with Crippen LogP contribution in [0.1, 0.15) is 11.1 Å². The first kappa shape index (κ1) is 12.3. The number of nitrogens with zero attached hydrogens (tertiary/aromatic N) is 1. The van der Waals surface area contributed by atoms with E-state index in [0.717, 1.165) is 11.1 Å². The van der Waals surface area contributed by atoms with Gasteiger partial charge in [0.25, 0.3) is 0 Å². The summed E-state index contributed by atoms with van der Waals surface area (Å²) in [5.41, 5.74) is 3.36. The quantitative estimate of drug-likeness (QED) is 0.740. The van der Waals surface area contributed by atoms with Gasteiger partial charge in [0.2, 0.25) is 5.89 Å². The summed E-state index contributed by atoms with van der Waals surface area (Å²) in [5.74, 6) is 0.792. The van der Waals surface area contributed by atoms with Crippen LogP contribution in [0.2, 0.25) is 0 Å². The molecule has 3 rings (SSSR count). The van der Waals surface area contributed by atoms with Gasteiger partial charge in [0.05, 0.1) is 0 Å². The molecule has 0 atom stereocenters. The molecule has 1 aromatic heterocycles. The molecule has 0 fully saturated rings. The standard InChI is InChI=1S/C16H13NO3/c1-3-10-7-12(18)8-13-15(10)20-16(17-13)11-4-5-14(19)9(2)6-11/h3-8,18-19H,1H2,2H3. The van der Waals surface area contributed by atoms with Crippen molar-refractivity contribution in [2.24, 2.45) is 0 Å². The Hall–Kier alpha value is -2.75. The van der Waals surface area contributed by atoms with Crippen LogP contribution in [0.25, 0.3) is 28.6 Å². The summed E-state index contributed by atoms with van der Waals surface area (Å²) in [6.45, 7) is 5.51. The Morgan fingerprint density at radius 2 is 2.00 bits per heavy atom. The van der Waals surface area contributed by atoms with Gasteiger partial charge < -0.3 is 14.6 Å². The number of hydrogen-bond acceptors (Lipinski definition) is 4. The molecule has 0 aliphatic heterocycles. The van der Waals surface area contributed by atoms with Gasteiger partial charge in [-0.1, -0.05) is 12.7 Å². The maximum absolute atomic E-state index is 9.64. The molecule has 1 heterocycles. The smallest absolute Gasteiger partial charge is 0.227 e. The number of rotatable bonds is 2. The first-order valence-corrected chi connectivity index (χ1v) is 6.14. The third kappa shape index (κ3) is 1.91. The summed E-state index contributed by atoms with van der Waals surface area (Å²) in [6.07, 6.45) is 1.61. The van der Waals surface area contributed by atoms with Gasteiger partial charge in [-0.2, -0.15) is 0 Å². The zero-order valence-corrected chi connectivity index (χ0v) is 10.9. The van der Waals surface area contributed by atoms with E-state index in [1.54, 1.807) is 36.4 Å². The lowest BCUT2D eigenvalue weighted by atomic mass is 10.1. The summed E-state index contributed by atoms with van der Waals surface area (Å²) in [7, 11) is 0. The van der Waals surface area contributed by atoms with Crippen molar-refractivity contribution < 1.29 is 14.6 Å². The first-order valence-electron chi connectivity index (χ1n) is 6.14. The van der Waals surface area contributed by atoms with E-state index in [0.29, 0.717) is 22.6 Å². The Kier molecular flexibility index (Phi) is 2.71. The lowest BCUT2D eigenvalue weighted by molar-refractivity contribution is 0.471. The molecular weight excluding hydrogens is 254 g/mol. The van der Waals surface area contributed by atoms with Crippen LogP contribution >= 0.6 is 0 Å². The van der Waals surface area contributed by atoms with Crippen molar-refractivity contribution in [1.82, 2.24) is 4.98 Å². The van der Waals surface area contributed by atoms with Crippen molar-refractivity contribution in [3.8, 4) is 23.0 Å². The molecule has 0 aliphatic rings. The normalized spacial score (nSPS) is 10.8. The maximum atomic E-state index is 9.64. The number of phenolic OH excluding ortho intramolecular Hbond substituents is 2. The van der Waals surface area contributed by atoms with E-state index in [2.05, 4.69) is 11.6 Å². The zero-order valence-electron chi connectivity index (χ0n) is 10.9. The topological polar surface area (TPSA) is 66.5 Å². The summed E-state index contributed by atoms with van der Waals surface area (Å²) in [5, 5.41) is 19.2. The molecule has 3 aromatic rings. The minimum atomic E-state index is 0.120. The summed E-state index contributed by atoms with van der Waals surface area (Å²) in [4.78, 5) is 4.37. The highest BCUT2D eigenvalue weighted by atomic mass is 16.3. The molecule has 100 valence electrons. The number of oxazole rings is 1. The fourth-order valence-electron chi connectivity index (χ4n) is 2.11. The molecule has 0 aliphatic carbocycles. The average molecular weight is 267 g/mol. The van der Waals surface area contributed by atoms with Crippen LogP contribution in [0.5, 0.6) is 11.5 Å². The van der Waals surface area contributed by atoms with Gasteiger partial charge >= 0.3 is 0 Å². The van der Waals surface area contributed by atoms with Gasteiger partial charge in [-0.05, 0) is 36.8 Å². The third-order valence-electron chi connectivity index (χ3n) is 3.17. The van der Waals surface area contributed by atoms with Crippen molar-refractivity contribution in [3.63, 3.8) is 0 Å². The zero-order chi connectivity index (χ0) is 14.3.